The van der Waals surface area contributed by atoms with Crippen LogP contribution in [0.3, 0.4) is 0 Å². The van der Waals surface area contributed by atoms with Gasteiger partial charge in [0.2, 0.25) is 0 Å². The van der Waals surface area contributed by atoms with Crippen molar-refractivity contribution in [1.82, 2.24) is 29.1 Å². The van der Waals surface area contributed by atoms with E-state index in [0.717, 1.165) is 10.1 Å². The van der Waals surface area contributed by atoms with Crippen molar-refractivity contribution in [2.24, 2.45) is 0 Å². The first kappa shape index (κ1) is 15.0. The van der Waals surface area contributed by atoms with E-state index in [9.17, 15) is 9.59 Å². The summed E-state index contributed by atoms with van der Waals surface area (Å²) in [6.45, 7) is 1.88. The molecule has 8 heteroatoms. The average Bonchev–Trinajstić information content (AvgIpc) is 3.11. The van der Waals surface area contributed by atoms with Crippen molar-refractivity contribution in [2.75, 3.05) is 0 Å². The molecule has 3 heterocycles. The fourth-order valence-electron chi connectivity index (χ4n) is 2.77. The molecule has 0 unspecified atom stereocenters. The lowest BCUT2D eigenvalue weighted by Gasteiger charge is -2.12. The summed E-state index contributed by atoms with van der Waals surface area (Å²) in [5.74, 6) is 0.386. The van der Waals surface area contributed by atoms with E-state index >= 15 is 0 Å². The van der Waals surface area contributed by atoms with E-state index in [2.05, 4.69) is 19.9 Å². The third kappa shape index (κ3) is 2.44. The number of hydrogen-bond acceptors (Lipinski definition) is 5. The average molecular weight is 334 g/mol. The zero-order valence-electron chi connectivity index (χ0n) is 13.4. The van der Waals surface area contributed by atoms with Gasteiger partial charge in [-0.05, 0) is 24.6 Å². The molecule has 0 saturated carbocycles. The van der Waals surface area contributed by atoms with Crippen molar-refractivity contribution in [3.8, 4) is 5.69 Å². The van der Waals surface area contributed by atoms with Crippen LogP contribution in [0.5, 0.6) is 0 Å². The summed E-state index contributed by atoms with van der Waals surface area (Å²) < 4.78 is 2.55. The number of para-hydroxylation sites is 1. The predicted octanol–water partition coefficient (Wildman–Crippen LogP) is 1.02. The molecule has 0 spiro atoms. The van der Waals surface area contributed by atoms with Crippen molar-refractivity contribution < 1.29 is 0 Å². The topological polar surface area (TPSA) is 98.5 Å². The van der Waals surface area contributed by atoms with Gasteiger partial charge in [-0.2, -0.15) is 0 Å². The molecule has 0 saturated heterocycles. The van der Waals surface area contributed by atoms with E-state index in [1.54, 1.807) is 18.5 Å². The maximum Gasteiger partial charge on any atom is 0.337 e. The number of aromatic amines is 1. The number of fused-ring (bicyclic) bond motifs is 1. The van der Waals surface area contributed by atoms with Gasteiger partial charge in [0.05, 0.1) is 18.6 Å². The number of hydrogen-bond donors (Lipinski definition) is 1. The van der Waals surface area contributed by atoms with Crippen LogP contribution in [0.15, 0.2) is 58.6 Å². The molecule has 124 valence electrons. The van der Waals surface area contributed by atoms with Crippen LogP contribution in [-0.4, -0.2) is 29.1 Å². The number of imidazole rings is 1. The van der Waals surface area contributed by atoms with Gasteiger partial charge in [-0.1, -0.05) is 18.2 Å². The Morgan fingerprint density at radius 2 is 1.80 bits per heavy atom. The lowest BCUT2D eigenvalue weighted by molar-refractivity contribution is 0.654. The normalized spacial score (nSPS) is 11.1. The summed E-state index contributed by atoms with van der Waals surface area (Å²) in [6, 6.07) is 9.12. The van der Waals surface area contributed by atoms with Crippen LogP contribution in [-0.2, 0) is 6.54 Å². The summed E-state index contributed by atoms with van der Waals surface area (Å²) >= 11 is 0. The fourth-order valence-corrected chi connectivity index (χ4v) is 2.77. The molecule has 4 rings (SSSR count). The highest BCUT2D eigenvalue weighted by atomic mass is 16.2. The van der Waals surface area contributed by atoms with Gasteiger partial charge >= 0.3 is 5.69 Å². The minimum atomic E-state index is -0.480. The zero-order chi connectivity index (χ0) is 17.4. The highest BCUT2D eigenvalue weighted by molar-refractivity contribution is 5.71. The van der Waals surface area contributed by atoms with Crippen molar-refractivity contribution in [1.29, 1.82) is 0 Å². The van der Waals surface area contributed by atoms with Crippen LogP contribution < -0.4 is 11.2 Å². The van der Waals surface area contributed by atoms with E-state index in [1.807, 2.05) is 31.2 Å². The first-order valence-corrected chi connectivity index (χ1v) is 7.67. The summed E-state index contributed by atoms with van der Waals surface area (Å²) in [6.07, 6.45) is 4.55. The van der Waals surface area contributed by atoms with Gasteiger partial charge in [0.15, 0.2) is 5.65 Å². The van der Waals surface area contributed by atoms with Crippen molar-refractivity contribution in [2.45, 2.75) is 13.5 Å². The molecule has 1 N–H and O–H groups in total. The first-order chi connectivity index (χ1) is 12.2. The first-order valence-electron chi connectivity index (χ1n) is 7.67. The van der Waals surface area contributed by atoms with Gasteiger partial charge in [0, 0.05) is 12.4 Å². The van der Waals surface area contributed by atoms with Gasteiger partial charge in [0.25, 0.3) is 5.56 Å². The SMILES string of the molecule is Cc1ccccc1-n1c(=O)n(Cc2ncccn2)c(=O)c2[nH]cnc21. The second-order valence-electron chi connectivity index (χ2n) is 5.56. The molecule has 0 aliphatic carbocycles. The van der Waals surface area contributed by atoms with E-state index in [4.69, 9.17) is 0 Å². The number of nitrogens with zero attached hydrogens (tertiary/aromatic N) is 5. The van der Waals surface area contributed by atoms with Gasteiger partial charge in [-0.3, -0.25) is 9.36 Å². The summed E-state index contributed by atoms with van der Waals surface area (Å²) in [5.41, 5.74) is 1.21. The third-order valence-corrected chi connectivity index (χ3v) is 3.99. The Balaban J connectivity index is 2.04. The smallest absolute Gasteiger partial charge is 0.337 e. The largest absolute Gasteiger partial charge is 0.339 e. The Morgan fingerprint density at radius 1 is 1.04 bits per heavy atom. The zero-order valence-corrected chi connectivity index (χ0v) is 13.4. The molecule has 8 nitrogen and oxygen atoms in total. The number of benzene rings is 1. The van der Waals surface area contributed by atoms with Crippen LogP contribution in [0.1, 0.15) is 11.4 Å². The second kappa shape index (κ2) is 5.82. The minimum absolute atomic E-state index is 0.0145. The third-order valence-electron chi connectivity index (χ3n) is 3.99. The van der Waals surface area contributed by atoms with Crippen LogP contribution in [0, 0.1) is 6.92 Å². The number of aryl methyl sites for hydroxylation is 1. The maximum absolute atomic E-state index is 13.1. The van der Waals surface area contributed by atoms with E-state index < -0.39 is 11.2 Å². The Labute approximate surface area is 141 Å². The Bertz CT molecular complexity index is 1170. The highest BCUT2D eigenvalue weighted by Gasteiger charge is 2.18. The van der Waals surface area contributed by atoms with E-state index in [1.165, 1.54) is 10.9 Å². The molecule has 0 atom stereocenters. The van der Waals surface area contributed by atoms with Crippen LogP contribution in [0.25, 0.3) is 16.9 Å². The molecule has 4 aromatic rings. The number of H-pyrrole nitrogens is 1. The monoisotopic (exact) mass is 334 g/mol. The molecule has 0 fully saturated rings. The summed E-state index contributed by atoms with van der Waals surface area (Å²) in [4.78, 5) is 41.0. The highest BCUT2D eigenvalue weighted by Crippen LogP contribution is 2.14. The summed E-state index contributed by atoms with van der Waals surface area (Å²) in [5, 5.41) is 0. The maximum atomic E-state index is 13.1. The van der Waals surface area contributed by atoms with Gasteiger partial charge in [-0.15, -0.1) is 0 Å². The van der Waals surface area contributed by atoms with Gasteiger partial charge < -0.3 is 4.98 Å². The molecule has 0 aliphatic rings. The van der Waals surface area contributed by atoms with Crippen LogP contribution >= 0.6 is 0 Å². The van der Waals surface area contributed by atoms with Crippen molar-refractivity contribution in [3.63, 3.8) is 0 Å². The number of rotatable bonds is 3. The lowest BCUT2D eigenvalue weighted by Crippen LogP contribution is -2.40. The Kier molecular flexibility index (Phi) is 3.50. The standard InChI is InChI=1S/C17H14N6O2/c1-11-5-2-3-6-12(11)23-15-14(20-10-21-15)16(24)22(17(23)25)9-13-18-7-4-8-19-13/h2-8,10H,9H2,1H3,(H,20,21). The predicted molar refractivity (Wildman–Crippen MR) is 91.8 cm³/mol. The molecule has 25 heavy (non-hydrogen) atoms. The van der Waals surface area contributed by atoms with Crippen molar-refractivity contribution in [3.05, 3.63) is 81.3 Å². The molecular weight excluding hydrogens is 320 g/mol. The number of aromatic nitrogens is 6. The fraction of sp³-hybridized carbons (Fsp3) is 0.118. The van der Waals surface area contributed by atoms with Gasteiger partial charge in [0.1, 0.15) is 11.3 Å². The molecule has 1 aromatic carbocycles. The molecule has 0 amide bonds. The second-order valence-corrected chi connectivity index (χ2v) is 5.56. The quantitative estimate of drug-likeness (QED) is 0.603. The number of nitrogens with one attached hydrogen (secondary N) is 1. The molecule has 3 aromatic heterocycles. The van der Waals surface area contributed by atoms with E-state index in [0.29, 0.717) is 17.2 Å². The molecular formula is C17H14N6O2. The van der Waals surface area contributed by atoms with Crippen LogP contribution in [0.2, 0.25) is 0 Å². The van der Waals surface area contributed by atoms with Crippen molar-refractivity contribution >= 4 is 11.2 Å². The van der Waals surface area contributed by atoms with Crippen LogP contribution in [0.4, 0.5) is 0 Å². The Morgan fingerprint density at radius 3 is 2.56 bits per heavy atom. The molecule has 0 bridgehead atoms. The minimum Gasteiger partial charge on any atom is -0.339 e. The summed E-state index contributed by atoms with van der Waals surface area (Å²) in [7, 11) is 0. The van der Waals surface area contributed by atoms with Gasteiger partial charge in [-0.25, -0.2) is 24.3 Å². The van der Waals surface area contributed by atoms with E-state index in [-0.39, 0.29) is 12.1 Å². The molecule has 0 aliphatic heterocycles. The Hall–Kier alpha value is -3.55. The lowest BCUT2D eigenvalue weighted by atomic mass is 10.2. The molecule has 0 radical (unpaired) electrons.